The van der Waals surface area contributed by atoms with Crippen molar-refractivity contribution in [1.29, 1.82) is 0 Å². The van der Waals surface area contributed by atoms with E-state index in [1.54, 1.807) is 22.3 Å². The Morgan fingerprint density at radius 2 is 1.90 bits per heavy atom. The minimum absolute atomic E-state index is 0.268. The molecule has 0 radical (unpaired) electrons. The van der Waals surface area contributed by atoms with E-state index >= 15 is 0 Å². The molecule has 1 aliphatic heterocycles. The Labute approximate surface area is 123 Å². The van der Waals surface area contributed by atoms with E-state index in [0.717, 1.165) is 12.5 Å². The van der Waals surface area contributed by atoms with E-state index in [2.05, 4.69) is 44.9 Å². The van der Waals surface area contributed by atoms with Gasteiger partial charge in [-0.05, 0) is 71.7 Å². The first-order chi connectivity index (χ1) is 9.39. The van der Waals surface area contributed by atoms with Crippen LogP contribution in [0.1, 0.15) is 74.6 Å². The minimum atomic E-state index is 0.268. The standard InChI is InChI=1S/C19H27N/c1-18(2,3)15-9-14-12-20(4)11-13-5-6-19(7-8-19)16(10-15)17(13)14/h9-10,13H,5-8,11-12H2,1-4H3/t13-/m1/s1. The van der Waals surface area contributed by atoms with Crippen LogP contribution >= 0.6 is 0 Å². The maximum Gasteiger partial charge on any atom is 0.0233 e. The lowest BCUT2D eigenvalue weighted by Gasteiger charge is -2.41. The summed E-state index contributed by atoms with van der Waals surface area (Å²) < 4.78 is 0. The molecule has 1 fully saturated rings. The van der Waals surface area contributed by atoms with E-state index in [1.807, 2.05) is 0 Å². The van der Waals surface area contributed by atoms with E-state index in [9.17, 15) is 0 Å². The molecule has 0 bridgehead atoms. The van der Waals surface area contributed by atoms with Crippen LogP contribution in [0.2, 0.25) is 0 Å². The Morgan fingerprint density at radius 1 is 1.15 bits per heavy atom. The van der Waals surface area contributed by atoms with Gasteiger partial charge in [-0.25, -0.2) is 0 Å². The summed E-state index contributed by atoms with van der Waals surface area (Å²) in [6.07, 6.45) is 5.73. The van der Waals surface area contributed by atoms with Gasteiger partial charge in [0.15, 0.2) is 0 Å². The van der Waals surface area contributed by atoms with Crippen molar-refractivity contribution in [2.45, 2.75) is 69.7 Å². The monoisotopic (exact) mass is 269 g/mol. The van der Waals surface area contributed by atoms with Crippen molar-refractivity contribution >= 4 is 0 Å². The molecule has 0 saturated heterocycles. The average Bonchev–Trinajstić information content (AvgIpc) is 3.13. The Kier molecular flexibility index (Phi) is 2.50. The van der Waals surface area contributed by atoms with Crippen molar-refractivity contribution in [2.75, 3.05) is 13.6 Å². The van der Waals surface area contributed by atoms with E-state index in [0.29, 0.717) is 5.41 Å². The molecule has 108 valence electrons. The summed E-state index contributed by atoms with van der Waals surface area (Å²) in [4.78, 5) is 2.52. The predicted molar refractivity (Wildman–Crippen MR) is 84.4 cm³/mol. The molecule has 1 aromatic rings. The summed E-state index contributed by atoms with van der Waals surface area (Å²) in [6.45, 7) is 9.49. The van der Waals surface area contributed by atoms with Crippen LogP contribution in [0.5, 0.6) is 0 Å². The quantitative estimate of drug-likeness (QED) is 0.677. The van der Waals surface area contributed by atoms with Gasteiger partial charge in [-0.2, -0.15) is 0 Å². The first-order valence-corrected chi connectivity index (χ1v) is 8.25. The van der Waals surface area contributed by atoms with Gasteiger partial charge in [-0.3, -0.25) is 0 Å². The second kappa shape index (κ2) is 3.88. The fourth-order valence-corrected chi connectivity index (χ4v) is 4.51. The number of benzene rings is 1. The number of hydrogen-bond acceptors (Lipinski definition) is 1. The van der Waals surface area contributed by atoms with E-state index < -0.39 is 0 Å². The fraction of sp³-hybridized carbons (Fsp3) is 0.684. The smallest absolute Gasteiger partial charge is 0.0233 e. The second-order valence-electron chi connectivity index (χ2n) is 8.56. The molecule has 1 saturated carbocycles. The van der Waals surface area contributed by atoms with Crippen molar-refractivity contribution in [3.8, 4) is 0 Å². The molecule has 20 heavy (non-hydrogen) atoms. The normalized spacial score (nSPS) is 27.5. The van der Waals surface area contributed by atoms with Crippen molar-refractivity contribution in [3.05, 3.63) is 34.4 Å². The molecule has 2 aliphatic carbocycles. The van der Waals surface area contributed by atoms with Crippen LogP contribution in [0.3, 0.4) is 0 Å². The lowest BCUT2D eigenvalue weighted by molar-refractivity contribution is 0.258. The van der Waals surface area contributed by atoms with Gasteiger partial charge < -0.3 is 4.90 Å². The van der Waals surface area contributed by atoms with Gasteiger partial charge in [0.1, 0.15) is 0 Å². The highest BCUT2D eigenvalue weighted by molar-refractivity contribution is 5.52. The van der Waals surface area contributed by atoms with E-state index in [1.165, 1.54) is 32.2 Å². The molecule has 4 rings (SSSR count). The lowest BCUT2D eigenvalue weighted by Crippen LogP contribution is -2.36. The molecular formula is C19H27N. The molecule has 1 nitrogen and oxygen atoms in total. The van der Waals surface area contributed by atoms with Crippen LogP contribution in [-0.4, -0.2) is 18.5 Å². The molecule has 0 aromatic heterocycles. The maximum atomic E-state index is 2.59. The first-order valence-electron chi connectivity index (χ1n) is 8.25. The molecule has 1 heteroatoms. The summed E-state index contributed by atoms with van der Waals surface area (Å²) in [5.41, 5.74) is 7.57. The molecule has 1 aromatic carbocycles. The largest absolute Gasteiger partial charge is 0.301 e. The molecular weight excluding hydrogens is 242 g/mol. The zero-order valence-corrected chi connectivity index (χ0v) is 13.4. The van der Waals surface area contributed by atoms with Crippen molar-refractivity contribution in [2.24, 2.45) is 0 Å². The molecule has 1 spiro atoms. The summed E-state index contributed by atoms with van der Waals surface area (Å²) in [5.74, 6) is 0.805. The van der Waals surface area contributed by atoms with Crippen LogP contribution < -0.4 is 0 Å². The van der Waals surface area contributed by atoms with Crippen LogP contribution in [0.25, 0.3) is 0 Å². The third-order valence-corrected chi connectivity index (χ3v) is 5.91. The molecule has 3 aliphatic rings. The van der Waals surface area contributed by atoms with Crippen LogP contribution in [0.4, 0.5) is 0 Å². The van der Waals surface area contributed by atoms with Gasteiger partial charge in [0.2, 0.25) is 0 Å². The number of likely N-dealkylation sites (N-methyl/N-ethyl adjacent to an activating group) is 1. The Morgan fingerprint density at radius 3 is 2.55 bits per heavy atom. The summed E-state index contributed by atoms with van der Waals surface area (Å²) >= 11 is 0. The molecule has 0 N–H and O–H groups in total. The van der Waals surface area contributed by atoms with Crippen molar-refractivity contribution in [1.82, 2.24) is 4.90 Å². The fourth-order valence-electron chi connectivity index (χ4n) is 4.51. The number of hydrogen-bond donors (Lipinski definition) is 0. The number of rotatable bonds is 0. The van der Waals surface area contributed by atoms with Gasteiger partial charge in [-0.15, -0.1) is 0 Å². The third-order valence-electron chi connectivity index (χ3n) is 5.91. The van der Waals surface area contributed by atoms with Crippen LogP contribution in [-0.2, 0) is 17.4 Å². The van der Waals surface area contributed by atoms with Gasteiger partial charge in [-0.1, -0.05) is 32.9 Å². The highest BCUT2D eigenvalue weighted by atomic mass is 15.1. The summed E-state index contributed by atoms with van der Waals surface area (Å²) in [7, 11) is 2.29. The van der Waals surface area contributed by atoms with Crippen LogP contribution in [0, 0.1) is 0 Å². The summed E-state index contributed by atoms with van der Waals surface area (Å²) in [6, 6.07) is 5.10. The highest BCUT2D eigenvalue weighted by Gasteiger charge is 2.50. The topological polar surface area (TPSA) is 3.24 Å². The zero-order chi connectivity index (χ0) is 14.1. The van der Waals surface area contributed by atoms with Crippen LogP contribution in [0.15, 0.2) is 12.1 Å². The summed E-state index contributed by atoms with van der Waals surface area (Å²) in [5, 5.41) is 0. The second-order valence-corrected chi connectivity index (χ2v) is 8.56. The van der Waals surface area contributed by atoms with Gasteiger partial charge >= 0.3 is 0 Å². The molecule has 0 amide bonds. The third kappa shape index (κ3) is 1.79. The number of nitrogens with zero attached hydrogens (tertiary/aromatic N) is 1. The Balaban J connectivity index is 1.93. The maximum absolute atomic E-state index is 2.59. The molecule has 1 heterocycles. The number of fused-ring (bicyclic) bond motifs is 1. The van der Waals surface area contributed by atoms with Crippen molar-refractivity contribution < 1.29 is 0 Å². The van der Waals surface area contributed by atoms with E-state index in [-0.39, 0.29) is 5.41 Å². The van der Waals surface area contributed by atoms with E-state index in [4.69, 9.17) is 0 Å². The minimum Gasteiger partial charge on any atom is -0.301 e. The Bertz CT molecular complexity index is 560. The van der Waals surface area contributed by atoms with Gasteiger partial charge in [0.25, 0.3) is 0 Å². The van der Waals surface area contributed by atoms with Crippen molar-refractivity contribution in [3.63, 3.8) is 0 Å². The Hall–Kier alpha value is -0.820. The zero-order valence-electron chi connectivity index (χ0n) is 13.4. The van der Waals surface area contributed by atoms with Gasteiger partial charge in [0.05, 0.1) is 0 Å². The molecule has 0 unspecified atom stereocenters. The molecule has 1 atom stereocenters. The predicted octanol–water partition coefficient (Wildman–Crippen LogP) is 4.34. The first kappa shape index (κ1) is 12.9. The van der Waals surface area contributed by atoms with Gasteiger partial charge in [0, 0.05) is 13.1 Å². The highest BCUT2D eigenvalue weighted by Crippen LogP contribution is 2.59. The lowest BCUT2D eigenvalue weighted by atomic mass is 9.69. The SMILES string of the molecule is CN1Cc2cc(C(C)(C)C)cc3c2[C@H](CCC32CC2)C1. The average molecular weight is 269 g/mol.